The number of aryl methyl sites for hydroxylation is 1. The lowest BCUT2D eigenvalue weighted by Gasteiger charge is -2.34. The Labute approximate surface area is 152 Å². The molecule has 1 aromatic heterocycles. The van der Waals surface area contributed by atoms with Gasteiger partial charge in [0.05, 0.1) is 26.0 Å². The fourth-order valence-electron chi connectivity index (χ4n) is 3.06. The molecule has 1 aliphatic heterocycles. The van der Waals surface area contributed by atoms with Gasteiger partial charge in [-0.2, -0.15) is 0 Å². The molecule has 2 amide bonds. The van der Waals surface area contributed by atoms with Gasteiger partial charge in [0.25, 0.3) is 11.8 Å². The van der Waals surface area contributed by atoms with Crippen LogP contribution in [0.2, 0.25) is 0 Å². The SMILES string of the molecule is COc1cc(C(=O)N2CCN(C(=O)c3ccco3)CC2)c(OC)cc1C. The van der Waals surface area contributed by atoms with Gasteiger partial charge in [-0.1, -0.05) is 0 Å². The number of hydrogen-bond donors (Lipinski definition) is 0. The van der Waals surface area contributed by atoms with Crippen molar-refractivity contribution >= 4 is 11.8 Å². The van der Waals surface area contributed by atoms with Crippen molar-refractivity contribution in [1.82, 2.24) is 9.80 Å². The molecule has 7 heteroatoms. The number of piperazine rings is 1. The molecule has 7 nitrogen and oxygen atoms in total. The van der Waals surface area contributed by atoms with Gasteiger partial charge in [-0.25, -0.2) is 0 Å². The van der Waals surface area contributed by atoms with E-state index < -0.39 is 0 Å². The van der Waals surface area contributed by atoms with Gasteiger partial charge in [0.1, 0.15) is 11.5 Å². The van der Waals surface area contributed by atoms with Crippen LogP contribution in [-0.4, -0.2) is 62.0 Å². The number of amides is 2. The topological polar surface area (TPSA) is 72.2 Å². The molecule has 3 rings (SSSR count). The normalized spacial score (nSPS) is 14.3. The monoisotopic (exact) mass is 358 g/mol. The standard InChI is InChI=1S/C19H22N2O5/c1-13-11-17(25-3)14(12-16(13)24-2)18(22)20-6-8-21(9-7-20)19(23)15-5-4-10-26-15/h4-5,10-12H,6-9H2,1-3H3. The van der Waals surface area contributed by atoms with Gasteiger partial charge < -0.3 is 23.7 Å². The van der Waals surface area contributed by atoms with Gasteiger partial charge >= 0.3 is 0 Å². The molecule has 0 unspecified atom stereocenters. The van der Waals surface area contributed by atoms with Crippen molar-refractivity contribution in [3.63, 3.8) is 0 Å². The molecule has 2 heterocycles. The highest BCUT2D eigenvalue weighted by Gasteiger charge is 2.28. The van der Waals surface area contributed by atoms with Gasteiger partial charge in [0, 0.05) is 26.2 Å². The first-order chi connectivity index (χ1) is 12.5. The number of carbonyl (C=O) groups is 2. The van der Waals surface area contributed by atoms with E-state index in [2.05, 4.69) is 0 Å². The van der Waals surface area contributed by atoms with Crippen molar-refractivity contribution in [2.45, 2.75) is 6.92 Å². The van der Waals surface area contributed by atoms with E-state index in [-0.39, 0.29) is 11.8 Å². The van der Waals surface area contributed by atoms with Crippen LogP contribution in [0.4, 0.5) is 0 Å². The Morgan fingerprint density at radius 1 is 0.962 bits per heavy atom. The molecule has 2 aromatic rings. The summed E-state index contributed by atoms with van der Waals surface area (Å²) < 4.78 is 15.8. The van der Waals surface area contributed by atoms with Crippen molar-refractivity contribution in [2.24, 2.45) is 0 Å². The van der Waals surface area contributed by atoms with Crippen molar-refractivity contribution in [2.75, 3.05) is 40.4 Å². The van der Waals surface area contributed by atoms with E-state index in [1.54, 1.807) is 41.2 Å². The third-order valence-corrected chi connectivity index (χ3v) is 4.53. The average molecular weight is 358 g/mol. The second kappa shape index (κ2) is 7.51. The lowest BCUT2D eigenvalue weighted by atomic mass is 10.1. The average Bonchev–Trinajstić information content (AvgIpc) is 3.21. The van der Waals surface area contributed by atoms with Crippen molar-refractivity contribution in [1.29, 1.82) is 0 Å². The molecule has 1 aliphatic rings. The Hall–Kier alpha value is -2.96. The van der Waals surface area contributed by atoms with E-state index in [9.17, 15) is 9.59 Å². The van der Waals surface area contributed by atoms with Crippen LogP contribution in [0.3, 0.4) is 0 Å². The Balaban J connectivity index is 1.72. The molecule has 0 bridgehead atoms. The summed E-state index contributed by atoms with van der Waals surface area (Å²) in [5.74, 6) is 1.18. The van der Waals surface area contributed by atoms with Crippen molar-refractivity contribution in [3.05, 3.63) is 47.4 Å². The smallest absolute Gasteiger partial charge is 0.289 e. The summed E-state index contributed by atoms with van der Waals surface area (Å²) in [6.45, 7) is 3.71. The molecule has 0 radical (unpaired) electrons. The summed E-state index contributed by atoms with van der Waals surface area (Å²) in [4.78, 5) is 28.7. The maximum Gasteiger partial charge on any atom is 0.289 e. The summed E-state index contributed by atoms with van der Waals surface area (Å²) in [5.41, 5.74) is 1.36. The molecular weight excluding hydrogens is 336 g/mol. The Bertz CT molecular complexity index is 793. The molecular formula is C19H22N2O5. The minimum Gasteiger partial charge on any atom is -0.496 e. The number of rotatable bonds is 4. The van der Waals surface area contributed by atoms with Gasteiger partial charge in [-0.05, 0) is 36.8 Å². The number of nitrogens with zero attached hydrogens (tertiary/aromatic N) is 2. The summed E-state index contributed by atoms with van der Waals surface area (Å²) >= 11 is 0. The van der Waals surface area contributed by atoms with E-state index in [0.717, 1.165) is 5.56 Å². The molecule has 138 valence electrons. The van der Waals surface area contributed by atoms with Gasteiger partial charge in [-0.15, -0.1) is 0 Å². The van der Waals surface area contributed by atoms with E-state index in [1.807, 2.05) is 6.92 Å². The van der Waals surface area contributed by atoms with Crippen LogP contribution in [0.25, 0.3) is 0 Å². The predicted octanol–water partition coefficient (Wildman–Crippen LogP) is 2.20. The lowest BCUT2D eigenvalue weighted by molar-refractivity contribution is 0.0516. The summed E-state index contributed by atoms with van der Waals surface area (Å²) in [6.07, 6.45) is 1.48. The zero-order valence-corrected chi connectivity index (χ0v) is 15.2. The van der Waals surface area contributed by atoms with E-state index >= 15 is 0 Å². The van der Waals surface area contributed by atoms with Crippen LogP contribution in [0.1, 0.15) is 26.5 Å². The molecule has 1 aromatic carbocycles. The number of methoxy groups -OCH3 is 2. The van der Waals surface area contributed by atoms with Gasteiger partial charge in [-0.3, -0.25) is 9.59 Å². The quantitative estimate of drug-likeness (QED) is 0.838. The van der Waals surface area contributed by atoms with Crippen molar-refractivity contribution in [3.8, 4) is 11.5 Å². The van der Waals surface area contributed by atoms with E-state index in [1.165, 1.54) is 13.4 Å². The minimum atomic E-state index is -0.156. The van der Waals surface area contributed by atoms with Crippen LogP contribution in [0, 0.1) is 6.92 Å². The summed E-state index contributed by atoms with van der Waals surface area (Å²) in [6, 6.07) is 6.83. The van der Waals surface area contributed by atoms with Crippen LogP contribution < -0.4 is 9.47 Å². The highest BCUT2D eigenvalue weighted by Crippen LogP contribution is 2.29. The van der Waals surface area contributed by atoms with Gasteiger partial charge in [0.2, 0.25) is 0 Å². The zero-order valence-electron chi connectivity index (χ0n) is 15.2. The predicted molar refractivity (Wildman–Crippen MR) is 94.8 cm³/mol. The number of ether oxygens (including phenoxy) is 2. The number of hydrogen-bond acceptors (Lipinski definition) is 5. The Morgan fingerprint density at radius 2 is 1.58 bits per heavy atom. The largest absolute Gasteiger partial charge is 0.496 e. The maximum absolute atomic E-state index is 12.9. The second-order valence-corrected chi connectivity index (χ2v) is 6.08. The molecule has 26 heavy (non-hydrogen) atoms. The van der Waals surface area contributed by atoms with Gasteiger partial charge in [0.15, 0.2) is 5.76 Å². The van der Waals surface area contributed by atoms with Crippen molar-refractivity contribution < 1.29 is 23.5 Å². The minimum absolute atomic E-state index is 0.134. The Kier molecular flexibility index (Phi) is 5.16. The summed E-state index contributed by atoms with van der Waals surface area (Å²) in [7, 11) is 3.11. The first-order valence-electron chi connectivity index (χ1n) is 8.39. The van der Waals surface area contributed by atoms with Crippen LogP contribution in [-0.2, 0) is 0 Å². The third-order valence-electron chi connectivity index (χ3n) is 4.53. The molecule has 0 atom stereocenters. The zero-order chi connectivity index (χ0) is 18.7. The lowest BCUT2D eigenvalue weighted by Crippen LogP contribution is -2.50. The molecule has 0 saturated carbocycles. The fraction of sp³-hybridized carbons (Fsp3) is 0.368. The molecule has 0 aliphatic carbocycles. The first kappa shape index (κ1) is 17.8. The highest BCUT2D eigenvalue weighted by molar-refractivity contribution is 5.98. The first-order valence-corrected chi connectivity index (χ1v) is 8.39. The van der Waals surface area contributed by atoms with Crippen LogP contribution in [0.5, 0.6) is 11.5 Å². The molecule has 0 N–H and O–H groups in total. The highest BCUT2D eigenvalue weighted by atomic mass is 16.5. The third kappa shape index (κ3) is 3.37. The maximum atomic E-state index is 12.9. The second-order valence-electron chi connectivity index (χ2n) is 6.08. The molecule has 1 saturated heterocycles. The molecule has 1 fully saturated rings. The van der Waals surface area contributed by atoms with E-state index in [0.29, 0.717) is 49.0 Å². The number of carbonyl (C=O) groups excluding carboxylic acids is 2. The number of furan rings is 1. The van der Waals surface area contributed by atoms with E-state index in [4.69, 9.17) is 13.9 Å². The molecule has 0 spiro atoms. The summed E-state index contributed by atoms with van der Waals surface area (Å²) in [5, 5.41) is 0. The van der Waals surface area contributed by atoms with Crippen LogP contribution in [0.15, 0.2) is 34.9 Å². The Morgan fingerprint density at radius 3 is 2.12 bits per heavy atom. The fourth-order valence-corrected chi connectivity index (χ4v) is 3.06. The van der Waals surface area contributed by atoms with Crippen LogP contribution >= 0.6 is 0 Å². The number of benzene rings is 1.